The third kappa shape index (κ3) is 3.16. The first-order valence-corrected chi connectivity index (χ1v) is 7.85. The van der Waals surface area contributed by atoms with Crippen molar-refractivity contribution in [3.8, 4) is 0 Å². The highest BCUT2D eigenvalue weighted by atomic mass is 32.2. The van der Waals surface area contributed by atoms with Crippen LogP contribution in [0.4, 0.5) is 0 Å². The van der Waals surface area contributed by atoms with Crippen molar-refractivity contribution in [1.29, 1.82) is 0 Å². The Balaban J connectivity index is 1.85. The van der Waals surface area contributed by atoms with Crippen molar-refractivity contribution in [2.45, 2.75) is 51.6 Å². The fraction of sp³-hybridized carbons (Fsp3) is 0.923. The number of likely N-dealkylation sites (N-methyl/N-ethyl adjacent to an activating group) is 1. The van der Waals surface area contributed by atoms with Gasteiger partial charge in [-0.1, -0.05) is 25.6 Å². The van der Waals surface area contributed by atoms with Crippen LogP contribution in [0.1, 0.15) is 40.0 Å². The first kappa shape index (κ1) is 13.2. The van der Waals surface area contributed by atoms with Crippen LogP contribution in [0.5, 0.6) is 0 Å². The summed E-state index contributed by atoms with van der Waals surface area (Å²) in [6, 6.07) is 0.684. The monoisotopic (exact) mass is 255 g/mol. The first-order valence-electron chi connectivity index (χ1n) is 6.86. The molecule has 2 fully saturated rings. The van der Waals surface area contributed by atoms with E-state index in [1.54, 1.807) is 0 Å². The smallest absolute Gasteiger partial charge is 0.157 e. The fourth-order valence-electron chi connectivity index (χ4n) is 2.54. The summed E-state index contributed by atoms with van der Waals surface area (Å²) in [5, 5.41) is 4.73. The number of rotatable bonds is 4. The van der Waals surface area contributed by atoms with E-state index in [-0.39, 0.29) is 5.54 Å². The summed E-state index contributed by atoms with van der Waals surface area (Å²) in [6.45, 7) is 10.2. The van der Waals surface area contributed by atoms with E-state index in [9.17, 15) is 0 Å². The topological polar surface area (TPSA) is 27.6 Å². The standard InChI is InChI=1S/C13H25N3S/c1-4-13(3)10-17-12(15-13)14-9-11-7-6-8-16(11)5-2/h11H,4-10H2,1-3H3,(H,14,15). The van der Waals surface area contributed by atoms with Crippen molar-refractivity contribution in [1.82, 2.24) is 10.2 Å². The van der Waals surface area contributed by atoms with E-state index in [4.69, 9.17) is 4.99 Å². The molecule has 4 heteroatoms. The number of hydrogen-bond acceptors (Lipinski definition) is 3. The lowest BCUT2D eigenvalue weighted by atomic mass is 10.0. The van der Waals surface area contributed by atoms with E-state index in [2.05, 4.69) is 31.0 Å². The van der Waals surface area contributed by atoms with Gasteiger partial charge in [0.1, 0.15) is 0 Å². The van der Waals surface area contributed by atoms with Crippen LogP contribution in [-0.4, -0.2) is 47.0 Å². The van der Waals surface area contributed by atoms with Gasteiger partial charge in [-0.25, -0.2) is 0 Å². The van der Waals surface area contributed by atoms with Crippen molar-refractivity contribution < 1.29 is 0 Å². The molecule has 0 spiro atoms. The molecule has 2 heterocycles. The quantitative estimate of drug-likeness (QED) is 0.835. The molecule has 2 rings (SSSR count). The number of aliphatic imine (C=N–C) groups is 1. The van der Waals surface area contributed by atoms with Crippen molar-refractivity contribution in [2.24, 2.45) is 4.99 Å². The van der Waals surface area contributed by atoms with E-state index in [0.29, 0.717) is 6.04 Å². The van der Waals surface area contributed by atoms with Crippen LogP contribution >= 0.6 is 11.8 Å². The lowest BCUT2D eigenvalue weighted by molar-refractivity contribution is 0.273. The lowest BCUT2D eigenvalue weighted by Gasteiger charge is -2.22. The van der Waals surface area contributed by atoms with Gasteiger partial charge in [0.05, 0.1) is 6.54 Å². The molecule has 2 aliphatic rings. The van der Waals surface area contributed by atoms with Crippen molar-refractivity contribution in [3.05, 3.63) is 0 Å². The van der Waals surface area contributed by atoms with E-state index in [0.717, 1.165) is 17.5 Å². The van der Waals surface area contributed by atoms with Crippen LogP contribution in [-0.2, 0) is 0 Å². The molecule has 2 aliphatic heterocycles. The molecule has 3 nitrogen and oxygen atoms in total. The molecule has 2 unspecified atom stereocenters. The minimum Gasteiger partial charge on any atom is -0.359 e. The predicted molar refractivity (Wildman–Crippen MR) is 76.9 cm³/mol. The molecule has 0 amide bonds. The Kier molecular flexibility index (Phi) is 4.36. The van der Waals surface area contributed by atoms with Gasteiger partial charge in [-0.15, -0.1) is 0 Å². The van der Waals surface area contributed by atoms with Crippen LogP contribution in [0.3, 0.4) is 0 Å². The van der Waals surface area contributed by atoms with Gasteiger partial charge in [0, 0.05) is 17.3 Å². The summed E-state index contributed by atoms with van der Waals surface area (Å²) in [5.41, 5.74) is 0.267. The molecule has 2 saturated heterocycles. The Morgan fingerprint density at radius 2 is 2.35 bits per heavy atom. The number of likely N-dealkylation sites (tertiary alicyclic amines) is 1. The highest BCUT2D eigenvalue weighted by Crippen LogP contribution is 2.26. The average Bonchev–Trinajstić information content (AvgIpc) is 2.93. The Hall–Kier alpha value is -0.220. The summed E-state index contributed by atoms with van der Waals surface area (Å²) >= 11 is 1.89. The van der Waals surface area contributed by atoms with Crippen molar-refractivity contribution in [3.63, 3.8) is 0 Å². The van der Waals surface area contributed by atoms with Crippen molar-refractivity contribution in [2.75, 3.05) is 25.4 Å². The van der Waals surface area contributed by atoms with Gasteiger partial charge in [-0.2, -0.15) is 0 Å². The molecule has 1 N–H and O–H groups in total. The zero-order valence-electron chi connectivity index (χ0n) is 11.3. The van der Waals surface area contributed by atoms with Gasteiger partial charge < -0.3 is 5.32 Å². The SMILES string of the molecule is CCN1CCCC1CN=C1NC(C)(CC)CS1. The summed E-state index contributed by atoms with van der Waals surface area (Å²) in [5.74, 6) is 1.16. The van der Waals surface area contributed by atoms with E-state index >= 15 is 0 Å². The summed E-state index contributed by atoms with van der Waals surface area (Å²) in [4.78, 5) is 7.33. The molecular weight excluding hydrogens is 230 g/mol. The highest BCUT2D eigenvalue weighted by molar-refractivity contribution is 8.14. The van der Waals surface area contributed by atoms with Crippen molar-refractivity contribution >= 4 is 16.9 Å². The van der Waals surface area contributed by atoms with Gasteiger partial charge in [0.25, 0.3) is 0 Å². The average molecular weight is 255 g/mol. The minimum atomic E-state index is 0.267. The zero-order chi connectivity index (χ0) is 12.3. The zero-order valence-corrected chi connectivity index (χ0v) is 12.1. The molecule has 0 aromatic heterocycles. The number of hydrogen-bond donors (Lipinski definition) is 1. The maximum absolute atomic E-state index is 4.77. The summed E-state index contributed by atoms with van der Waals surface area (Å²) < 4.78 is 0. The molecule has 0 aromatic carbocycles. The van der Waals surface area contributed by atoms with Crippen LogP contribution in [0, 0.1) is 0 Å². The fourth-order valence-corrected chi connectivity index (χ4v) is 3.76. The molecular formula is C13H25N3S. The molecule has 98 valence electrons. The van der Waals surface area contributed by atoms with Gasteiger partial charge in [0.15, 0.2) is 5.17 Å². The number of amidine groups is 1. The Labute approximate surface area is 109 Å². The normalized spacial score (nSPS) is 36.6. The Bertz CT molecular complexity index is 292. The number of thioether (sulfide) groups is 1. The molecule has 2 atom stereocenters. The van der Waals surface area contributed by atoms with Crippen LogP contribution < -0.4 is 5.32 Å². The number of nitrogens with one attached hydrogen (secondary N) is 1. The molecule has 0 saturated carbocycles. The van der Waals surface area contributed by atoms with E-state index in [1.165, 1.54) is 32.4 Å². The maximum Gasteiger partial charge on any atom is 0.157 e. The molecule has 17 heavy (non-hydrogen) atoms. The third-order valence-corrected chi connectivity index (χ3v) is 5.35. The maximum atomic E-state index is 4.77. The second-order valence-corrected chi connectivity index (χ2v) is 6.36. The summed E-state index contributed by atoms with van der Waals surface area (Å²) in [7, 11) is 0. The summed E-state index contributed by atoms with van der Waals surface area (Å²) in [6.07, 6.45) is 3.83. The lowest BCUT2D eigenvalue weighted by Crippen LogP contribution is -2.40. The van der Waals surface area contributed by atoms with Gasteiger partial charge in [0.2, 0.25) is 0 Å². The van der Waals surface area contributed by atoms with Crippen LogP contribution in [0.15, 0.2) is 4.99 Å². The third-order valence-electron chi connectivity index (χ3n) is 4.07. The second kappa shape index (κ2) is 5.61. The molecule has 0 radical (unpaired) electrons. The van der Waals surface area contributed by atoms with Crippen LogP contribution in [0.25, 0.3) is 0 Å². The van der Waals surface area contributed by atoms with Crippen LogP contribution in [0.2, 0.25) is 0 Å². The first-order chi connectivity index (χ1) is 8.17. The largest absolute Gasteiger partial charge is 0.359 e. The number of nitrogens with zero attached hydrogens (tertiary/aromatic N) is 2. The van der Waals surface area contributed by atoms with Gasteiger partial charge >= 0.3 is 0 Å². The van der Waals surface area contributed by atoms with Gasteiger partial charge in [-0.05, 0) is 39.3 Å². The molecule has 0 aliphatic carbocycles. The second-order valence-electron chi connectivity index (χ2n) is 5.40. The Morgan fingerprint density at radius 3 is 3.00 bits per heavy atom. The van der Waals surface area contributed by atoms with E-state index in [1.807, 2.05) is 11.8 Å². The molecule has 0 bridgehead atoms. The minimum absolute atomic E-state index is 0.267. The Morgan fingerprint density at radius 1 is 1.53 bits per heavy atom. The van der Waals surface area contributed by atoms with Gasteiger partial charge in [-0.3, -0.25) is 9.89 Å². The highest BCUT2D eigenvalue weighted by Gasteiger charge is 2.31. The molecule has 0 aromatic rings. The van der Waals surface area contributed by atoms with E-state index < -0.39 is 0 Å². The predicted octanol–water partition coefficient (Wildman–Crippen LogP) is 2.33.